The first kappa shape index (κ1) is 37.8. The van der Waals surface area contributed by atoms with Gasteiger partial charge in [0, 0.05) is 85.8 Å². The number of nitrogens with one attached hydrogen (secondary N) is 1. The summed E-state index contributed by atoms with van der Waals surface area (Å²) in [6.07, 6.45) is 12.4. The predicted octanol–water partition coefficient (Wildman–Crippen LogP) is 6.85. The maximum atomic E-state index is 14.1. The molecule has 1 N–H and O–H groups in total. The number of aryl methyl sites for hydroxylation is 1. The van der Waals surface area contributed by atoms with Crippen LogP contribution in [-0.2, 0) is 26.3 Å². The lowest BCUT2D eigenvalue weighted by atomic mass is 9.63. The van der Waals surface area contributed by atoms with Crippen molar-refractivity contribution in [2.24, 2.45) is 17.8 Å². The number of amides is 1. The molecule has 3 aromatic rings. The zero-order chi connectivity index (χ0) is 37.7. The van der Waals surface area contributed by atoms with Gasteiger partial charge in [-0.3, -0.25) is 14.4 Å². The molecule has 1 spiro atoms. The van der Waals surface area contributed by atoms with Crippen LogP contribution in [0.15, 0.2) is 60.1 Å². The number of benzene rings is 2. The van der Waals surface area contributed by atoms with Crippen molar-refractivity contribution in [3.8, 4) is 5.75 Å². The van der Waals surface area contributed by atoms with Crippen LogP contribution in [0.3, 0.4) is 0 Å². The number of thiazole rings is 1. The maximum Gasteiger partial charge on any atom is 0.262 e. The van der Waals surface area contributed by atoms with Crippen LogP contribution in [0.2, 0.25) is 5.02 Å². The zero-order valence-electron chi connectivity index (χ0n) is 31.8. The Morgan fingerprint density at radius 2 is 1.96 bits per heavy atom. The molecule has 290 valence electrons. The standard InChI is InChI=1S/C42H54ClN5O4S2/c1-29-7-5-16-42(51-3,27-46-18-20-47(21-19-46)40-44-17-22-53-40)36-12-9-33(36)25-48-26-41(15-6-8-31-23-34(43)11-13-35(31)41)28-52-38-14-10-32(24-37(38)48)39(49)45-54(4,50)30(29)2/h5,10-11,13-14,16-17,22-24,29-30,33,36H,4,6-9,12,15,18-21,25-28H2,1-3H3,(H,45,49,50)/b16-5+/t29-,30+,33-,36+,41-,42+,54?/m0/s1. The highest BCUT2D eigenvalue weighted by molar-refractivity contribution is 7.99. The molecule has 2 fully saturated rings. The Morgan fingerprint density at radius 1 is 1.13 bits per heavy atom. The predicted molar refractivity (Wildman–Crippen MR) is 222 cm³/mol. The number of hydrogen-bond acceptors (Lipinski definition) is 9. The van der Waals surface area contributed by atoms with E-state index in [-0.39, 0.29) is 22.5 Å². The van der Waals surface area contributed by atoms with E-state index in [1.807, 2.05) is 43.8 Å². The van der Waals surface area contributed by atoms with Crippen molar-refractivity contribution >= 4 is 55.2 Å². The molecule has 1 amide bonds. The molecule has 54 heavy (non-hydrogen) atoms. The molecule has 1 saturated carbocycles. The van der Waals surface area contributed by atoms with E-state index in [0.717, 1.165) is 99.5 Å². The Kier molecular flexibility index (Phi) is 10.6. The number of ether oxygens (including phenoxy) is 2. The van der Waals surface area contributed by atoms with Crippen LogP contribution in [0.5, 0.6) is 5.75 Å². The smallest absolute Gasteiger partial charge is 0.262 e. The fourth-order valence-electron chi connectivity index (χ4n) is 9.72. The van der Waals surface area contributed by atoms with Crippen LogP contribution < -0.4 is 19.3 Å². The van der Waals surface area contributed by atoms with Gasteiger partial charge in [0.15, 0.2) is 5.13 Å². The zero-order valence-corrected chi connectivity index (χ0v) is 34.2. The Labute approximate surface area is 330 Å². The molecule has 9 nitrogen and oxygen atoms in total. The molecule has 4 heterocycles. The van der Waals surface area contributed by atoms with Gasteiger partial charge in [0.1, 0.15) is 11.4 Å². The van der Waals surface area contributed by atoms with Gasteiger partial charge >= 0.3 is 0 Å². The van der Waals surface area contributed by atoms with Gasteiger partial charge in [0.25, 0.3) is 5.91 Å². The molecular weight excluding hydrogens is 738 g/mol. The highest BCUT2D eigenvalue weighted by atomic mass is 35.5. The van der Waals surface area contributed by atoms with Gasteiger partial charge < -0.3 is 19.3 Å². The molecule has 1 aromatic heterocycles. The Balaban J connectivity index is 1.17. The number of anilines is 2. The minimum Gasteiger partial charge on any atom is -0.490 e. The van der Waals surface area contributed by atoms with Gasteiger partial charge in [-0.15, -0.1) is 11.3 Å². The normalized spacial score (nSPS) is 33.8. The van der Waals surface area contributed by atoms with Crippen LogP contribution in [0, 0.1) is 17.8 Å². The third kappa shape index (κ3) is 7.20. The third-order valence-electron chi connectivity index (χ3n) is 13.3. The lowest BCUT2D eigenvalue weighted by Gasteiger charge is -2.52. The summed E-state index contributed by atoms with van der Waals surface area (Å²) in [6.45, 7) is 10.7. The van der Waals surface area contributed by atoms with Gasteiger partial charge in [-0.25, -0.2) is 9.19 Å². The Morgan fingerprint density at radius 3 is 2.70 bits per heavy atom. The number of rotatable bonds is 4. The summed E-state index contributed by atoms with van der Waals surface area (Å²) in [6, 6.07) is 12.0. The van der Waals surface area contributed by atoms with E-state index in [0.29, 0.717) is 30.4 Å². The Hall–Kier alpha value is -3.09. The van der Waals surface area contributed by atoms with Crippen LogP contribution in [-0.4, -0.2) is 96.3 Å². The van der Waals surface area contributed by atoms with Gasteiger partial charge in [-0.2, -0.15) is 0 Å². The van der Waals surface area contributed by atoms with Gasteiger partial charge in [-0.1, -0.05) is 36.7 Å². The number of allylic oxidation sites excluding steroid dienone is 1. The molecule has 2 aliphatic carbocycles. The van der Waals surface area contributed by atoms with Crippen molar-refractivity contribution in [1.29, 1.82) is 0 Å². The highest BCUT2D eigenvalue weighted by Gasteiger charge is 2.50. The lowest BCUT2D eigenvalue weighted by Crippen LogP contribution is -2.59. The molecule has 1 saturated heterocycles. The number of carbonyl (C=O) groups excluding carboxylic acids is 1. The Bertz CT molecular complexity index is 1980. The van der Waals surface area contributed by atoms with Crippen molar-refractivity contribution in [3.63, 3.8) is 0 Å². The van der Waals surface area contributed by atoms with Crippen molar-refractivity contribution in [1.82, 2.24) is 14.6 Å². The SMILES string of the molecule is C=S1(=O)NC(=O)c2ccc3c(c2)N(C[C@@H]2CC[C@H]2[C@@](CN2CCN(c4nccs4)CC2)(OC)/C=C/C[C@H](C)[C@H]1C)C[C@@]1(CCCc2cc(Cl)ccc21)CO3. The van der Waals surface area contributed by atoms with Crippen molar-refractivity contribution in [3.05, 3.63) is 81.8 Å². The maximum absolute atomic E-state index is 14.1. The first-order valence-corrected chi connectivity index (χ1v) is 22.6. The van der Waals surface area contributed by atoms with Crippen LogP contribution in [0.1, 0.15) is 67.4 Å². The van der Waals surface area contributed by atoms with Gasteiger partial charge in [0.05, 0.1) is 22.0 Å². The molecule has 12 heteroatoms. The molecule has 1 unspecified atom stereocenters. The van der Waals surface area contributed by atoms with Gasteiger partial charge in [0.2, 0.25) is 0 Å². The summed E-state index contributed by atoms with van der Waals surface area (Å²) >= 11 is 8.23. The number of fused-ring (bicyclic) bond motifs is 4. The monoisotopic (exact) mass is 791 g/mol. The molecule has 2 aromatic carbocycles. The van der Waals surface area contributed by atoms with E-state index in [9.17, 15) is 9.00 Å². The molecule has 5 aliphatic rings. The van der Waals surface area contributed by atoms with Gasteiger partial charge in [-0.05, 0) is 111 Å². The summed E-state index contributed by atoms with van der Waals surface area (Å²) in [4.78, 5) is 25.8. The van der Waals surface area contributed by atoms with E-state index < -0.39 is 15.3 Å². The van der Waals surface area contributed by atoms with Crippen molar-refractivity contribution in [2.75, 3.05) is 69.3 Å². The summed E-state index contributed by atoms with van der Waals surface area (Å²) in [5.74, 6) is 5.16. The summed E-state index contributed by atoms with van der Waals surface area (Å²) in [5.41, 5.74) is 3.25. The van der Waals surface area contributed by atoms with E-state index >= 15 is 0 Å². The second-order valence-corrected chi connectivity index (χ2v) is 20.2. The van der Waals surface area contributed by atoms with Crippen LogP contribution in [0.4, 0.5) is 10.8 Å². The molecule has 8 rings (SSSR count). The average Bonchev–Trinajstić information content (AvgIpc) is 3.65. The first-order chi connectivity index (χ1) is 26.0. The van der Waals surface area contributed by atoms with E-state index in [1.165, 1.54) is 11.1 Å². The second kappa shape index (κ2) is 15.1. The molecule has 2 bridgehead atoms. The quantitative estimate of drug-likeness (QED) is 0.227. The summed E-state index contributed by atoms with van der Waals surface area (Å²) < 4.78 is 30.4. The largest absolute Gasteiger partial charge is 0.490 e. The second-order valence-electron chi connectivity index (χ2n) is 16.4. The fourth-order valence-corrected chi connectivity index (χ4v) is 12.1. The summed E-state index contributed by atoms with van der Waals surface area (Å²) in [5, 5.41) is 3.56. The first-order valence-electron chi connectivity index (χ1n) is 19.6. The highest BCUT2D eigenvalue weighted by Crippen LogP contribution is 2.49. The molecule has 3 aliphatic heterocycles. The minimum atomic E-state index is -2.96. The number of methoxy groups -OCH3 is 1. The van der Waals surface area contributed by atoms with Crippen molar-refractivity contribution in [2.45, 2.75) is 68.6 Å². The topological polar surface area (TPSA) is 87.2 Å². The van der Waals surface area contributed by atoms with Crippen LogP contribution in [0.25, 0.3) is 0 Å². The fraction of sp³-hybridized carbons (Fsp3) is 0.548. The van der Waals surface area contributed by atoms with E-state index in [1.54, 1.807) is 17.4 Å². The summed E-state index contributed by atoms with van der Waals surface area (Å²) in [7, 11) is -1.08. The number of nitrogens with zero attached hydrogens (tertiary/aromatic N) is 4. The number of hydrogen-bond donors (Lipinski definition) is 1. The number of carbonyl (C=O) groups is 1. The lowest BCUT2D eigenvalue weighted by molar-refractivity contribution is -0.0919. The number of piperazine rings is 1. The molecule has 0 radical (unpaired) electrons. The third-order valence-corrected chi connectivity index (χ3v) is 16.6. The minimum absolute atomic E-state index is 0.0217. The van der Waals surface area contributed by atoms with Crippen LogP contribution >= 0.6 is 22.9 Å². The van der Waals surface area contributed by atoms with E-state index in [4.69, 9.17) is 21.1 Å². The number of halogens is 1. The molecular formula is C42H54ClN5O4S2. The van der Waals surface area contributed by atoms with E-state index in [2.05, 4.69) is 61.5 Å². The molecule has 7 atom stereocenters. The number of aromatic nitrogens is 1. The van der Waals surface area contributed by atoms with Crippen molar-refractivity contribution < 1.29 is 18.5 Å². The average molecular weight is 793 g/mol.